The highest BCUT2D eigenvalue weighted by Gasteiger charge is 2.34. The molecule has 0 spiro atoms. The second kappa shape index (κ2) is 12.3. The first-order chi connectivity index (χ1) is 18.3. The largest absolute Gasteiger partial charge is 0.493 e. The van der Waals surface area contributed by atoms with Crippen LogP contribution in [0.25, 0.3) is 6.08 Å². The predicted octanol–water partition coefficient (Wildman–Crippen LogP) is 5.44. The smallest absolute Gasteiger partial charge is 0.293 e. The maximum atomic E-state index is 12.8. The first-order valence-corrected chi connectivity index (χ1v) is 12.8. The summed E-state index contributed by atoms with van der Waals surface area (Å²) in [5.74, 6) is 0.791. The molecule has 8 nitrogen and oxygen atoms in total. The van der Waals surface area contributed by atoms with Crippen LogP contribution in [0.2, 0.25) is 0 Å². The third-order valence-corrected chi connectivity index (χ3v) is 6.62. The number of para-hydroxylation sites is 1. The van der Waals surface area contributed by atoms with Crippen molar-refractivity contribution in [2.24, 2.45) is 0 Å². The summed E-state index contributed by atoms with van der Waals surface area (Å²) in [6.07, 6.45) is 1.63. The van der Waals surface area contributed by atoms with Crippen molar-refractivity contribution in [2.45, 2.75) is 13.8 Å². The van der Waals surface area contributed by atoms with Crippen LogP contribution in [-0.2, 0) is 9.59 Å². The lowest BCUT2D eigenvalue weighted by molar-refractivity contribution is -0.123. The lowest BCUT2D eigenvalue weighted by Crippen LogP contribution is -2.32. The first-order valence-electron chi connectivity index (χ1n) is 11.9. The van der Waals surface area contributed by atoms with E-state index in [0.29, 0.717) is 27.7 Å². The summed E-state index contributed by atoms with van der Waals surface area (Å²) in [5.41, 5.74) is 3.39. The van der Waals surface area contributed by atoms with Crippen LogP contribution in [-0.4, -0.2) is 48.8 Å². The molecule has 38 heavy (non-hydrogen) atoms. The second-order valence-electron chi connectivity index (χ2n) is 8.56. The summed E-state index contributed by atoms with van der Waals surface area (Å²) in [7, 11) is 1.49. The van der Waals surface area contributed by atoms with Crippen LogP contribution in [0.15, 0.2) is 71.6 Å². The summed E-state index contributed by atoms with van der Waals surface area (Å²) in [4.78, 5) is 39.1. The Kier molecular flexibility index (Phi) is 8.70. The Morgan fingerprint density at radius 3 is 2.55 bits per heavy atom. The Hall–Kier alpha value is -4.24. The number of thioether (sulfide) groups is 1. The average Bonchev–Trinajstić information content (AvgIpc) is 3.16. The number of ether oxygens (including phenoxy) is 3. The third-order valence-electron chi connectivity index (χ3n) is 5.71. The number of hydrogen-bond acceptors (Lipinski definition) is 7. The minimum atomic E-state index is -0.375. The summed E-state index contributed by atoms with van der Waals surface area (Å²) < 4.78 is 16.8. The molecule has 0 bridgehead atoms. The van der Waals surface area contributed by atoms with Gasteiger partial charge in [-0.25, -0.2) is 0 Å². The van der Waals surface area contributed by atoms with Gasteiger partial charge in [-0.3, -0.25) is 19.3 Å². The van der Waals surface area contributed by atoms with E-state index in [0.717, 1.165) is 28.6 Å². The van der Waals surface area contributed by atoms with Gasteiger partial charge < -0.3 is 19.5 Å². The van der Waals surface area contributed by atoms with Crippen molar-refractivity contribution in [1.29, 1.82) is 0 Å². The van der Waals surface area contributed by atoms with E-state index in [1.54, 1.807) is 24.3 Å². The molecule has 196 valence electrons. The standard InChI is InChI=1S/C29H28N2O6S/c1-19-7-6-9-22(15-19)36-14-13-31-28(33)26(38-29(31)34)17-21-11-12-24(25(16-21)35-3)37-18-27(32)30-23-10-5-4-8-20(23)2/h4-12,15-17H,13-14,18H2,1-3H3,(H,30,32)/b26-17-. The molecule has 1 N–H and O–H groups in total. The minimum absolute atomic E-state index is 0.149. The van der Waals surface area contributed by atoms with E-state index in [2.05, 4.69) is 5.32 Å². The van der Waals surface area contributed by atoms with E-state index in [1.165, 1.54) is 12.0 Å². The number of anilines is 1. The topological polar surface area (TPSA) is 94.2 Å². The van der Waals surface area contributed by atoms with Crippen molar-refractivity contribution in [1.82, 2.24) is 4.90 Å². The maximum Gasteiger partial charge on any atom is 0.293 e. The quantitative estimate of drug-likeness (QED) is 0.347. The molecule has 1 fully saturated rings. The van der Waals surface area contributed by atoms with Crippen LogP contribution in [0.5, 0.6) is 17.2 Å². The molecule has 1 aliphatic rings. The molecule has 0 saturated carbocycles. The molecule has 3 aromatic rings. The van der Waals surface area contributed by atoms with Crippen molar-refractivity contribution >= 4 is 40.6 Å². The number of carbonyl (C=O) groups is 3. The molecule has 0 aliphatic carbocycles. The molecule has 1 saturated heterocycles. The molecule has 0 aromatic heterocycles. The number of hydrogen-bond donors (Lipinski definition) is 1. The van der Waals surface area contributed by atoms with Crippen LogP contribution < -0.4 is 19.5 Å². The highest BCUT2D eigenvalue weighted by atomic mass is 32.2. The first kappa shape index (κ1) is 26.8. The van der Waals surface area contributed by atoms with Gasteiger partial charge in [0.15, 0.2) is 18.1 Å². The molecule has 1 heterocycles. The van der Waals surface area contributed by atoms with Crippen molar-refractivity contribution in [3.63, 3.8) is 0 Å². The fraction of sp³-hybridized carbons (Fsp3) is 0.207. The van der Waals surface area contributed by atoms with Crippen LogP contribution in [0.4, 0.5) is 10.5 Å². The summed E-state index contributed by atoms with van der Waals surface area (Å²) in [6.45, 7) is 4.02. The number of nitrogens with zero attached hydrogens (tertiary/aromatic N) is 1. The minimum Gasteiger partial charge on any atom is -0.493 e. The maximum absolute atomic E-state index is 12.8. The normalized spacial score (nSPS) is 14.1. The molecular formula is C29H28N2O6S. The summed E-state index contributed by atoms with van der Waals surface area (Å²) in [6, 6.07) is 20.1. The fourth-order valence-corrected chi connectivity index (χ4v) is 4.61. The molecule has 9 heteroatoms. The number of rotatable bonds is 10. The highest BCUT2D eigenvalue weighted by molar-refractivity contribution is 8.18. The molecule has 3 aromatic carbocycles. The summed E-state index contributed by atoms with van der Waals surface area (Å²) >= 11 is 0.877. The Morgan fingerprint density at radius 2 is 1.79 bits per heavy atom. The van der Waals surface area contributed by atoms with Gasteiger partial charge in [-0.05, 0) is 78.7 Å². The van der Waals surface area contributed by atoms with Crippen molar-refractivity contribution < 1.29 is 28.6 Å². The van der Waals surface area contributed by atoms with Crippen molar-refractivity contribution in [3.05, 3.63) is 88.3 Å². The van der Waals surface area contributed by atoms with Crippen LogP contribution in [0.3, 0.4) is 0 Å². The number of methoxy groups -OCH3 is 1. The van der Waals surface area contributed by atoms with Gasteiger partial charge in [0.25, 0.3) is 17.1 Å². The van der Waals surface area contributed by atoms with E-state index in [4.69, 9.17) is 14.2 Å². The predicted molar refractivity (Wildman–Crippen MR) is 148 cm³/mol. The zero-order valence-corrected chi connectivity index (χ0v) is 22.2. The number of carbonyl (C=O) groups excluding carboxylic acids is 3. The number of nitrogens with one attached hydrogen (secondary N) is 1. The average molecular weight is 533 g/mol. The molecule has 0 radical (unpaired) electrons. The molecule has 1 aliphatic heterocycles. The Balaban J connectivity index is 1.36. The zero-order valence-electron chi connectivity index (χ0n) is 21.4. The van der Waals surface area contributed by atoms with Crippen LogP contribution >= 0.6 is 11.8 Å². The summed E-state index contributed by atoms with van der Waals surface area (Å²) in [5, 5.41) is 2.47. The van der Waals surface area contributed by atoms with Gasteiger partial charge in [-0.2, -0.15) is 0 Å². The van der Waals surface area contributed by atoms with Crippen LogP contribution in [0.1, 0.15) is 16.7 Å². The van der Waals surface area contributed by atoms with Crippen molar-refractivity contribution in [2.75, 3.05) is 32.2 Å². The van der Waals surface area contributed by atoms with Gasteiger partial charge in [0.05, 0.1) is 18.6 Å². The third kappa shape index (κ3) is 6.74. The SMILES string of the molecule is COc1cc(/C=C2\SC(=O)N(CCOc3cccc(C)c3)C2=O)ccc1OCC(=O)Nc1ccccc1C. The van der Waals surface area contributed by atoms with E-state index < -0.39 is 0 Å². The lowest BCUT2D eigenvalue weighted by Gasteiger charge is -2.13. The second-order valence-corrected chi connectivity index (χ2v) is 9.55. The Morgan fingerprint density at radius 1 is 0.974 bits per heavy atom. The van der Waals surface area contributed by atoms with Gasteiger partial charge in [0, 0.05) is 5.69 Å². The van der Waals surface area contributed by atoms with Gasteiger partial charge in [0.2, 0.25) is 0 Å². The lowest BCUT2D eigenvalue weighted by atomic mass is 10.2. The molecular weight excluding hydrogens is 504 g/mol. The molecule has 4 rings (SSSR count). The Bertz CT molecular complexity index is 1390. The number of aryl methyl sites for hydroxylation is 2. The zero-order chi connectivity index (χ0) is 27.1. The van der Waals surface area contributed by atoms with Crippen LogP contribution in [0, 0.1) is 13.8 Å². The van der Waals surface area contributed by atoms with E-state index in [1.807, 2.05) is 62.4 Å². The van der Waals surface area contributed by atoms with E-state index >= 15 is 0 Å². The monoisotopic (exact) mass is 532 g/mol. The van der Waals surface area contributed by atoms with Gasteiger partial charge in [0.1, 0.15) is 12.4 Å². The van der Waals surface area contributed by atoms with Gasteiger partial charge >= 0.3 is 0 Å². The molecule has 0 atom stereocenters. The number of benzene rings is 3. The molecule has 0 unspecified atom stereocenters. The number of imide groups is 1. The Labute approximate surface area is 225 Å². The van der Waals surface area contributed by atoms with Gasteiger partial charge in [-0.15, -0.1) is 0 Å². The van der Waals surface area contributed by atoms with E-state index in [9.17, 15) is 14.4 Å². The van der Waals surface area contributed by atoms with Crippen molar-refractivity contribution in [3.8, 4) is 17.2 Å². The van der Waals surface area contributed by atoms with E-state index in [-0.39, 0.29) is 36.8 Å². The highest BCUT2D eigenvalue weighted by Crippen LogP contribution is 2.34. The molecule has 3 amide bonds. The number of amides is 3. The fourth-order valence-electron chi connectivity index (χ4n) is 3.74. The van der Waals surface area contributed by atoms with Gasteiger partial charge in [-0.1, -0.05) is 36.4 Å².